The molecule has 2 aromatic carbocycles. The molecule has 0 bridgehead atoms. The molecule has 0 N–H and O–H groups in total. The van der Waals surface area contributed by atoms with Gasteiger partial charge in [-0.15, -0.1) is 0 Å². The lowest BCUT2D eigenvalue weighted by Crippen LogP contribution is -2.45. The van der Waals surface area contributed by atoms with Crippen LogP contribution in [0.15, 0.2) is 53.1 Å². The van der Waals surface area contributed by atoms with Gasteiger partial charge < -0.3 is 9.26 Å². The van der Waals surface area contributed by atoms with Crippen LogP contribution in [0, 0.1) is 11.3 Å². The van der Waals surface area contributed by atoms with Gasteiger partial charge in [0.2, 0.25) is 11.7 Å². The van der Waals surface area contributed by atoms with Gasteiger partial charge >= 0.3 is 0 Å². The highest BCUT2D eigenvalue weighted by atomic mass is 16.5. The summed E-state index contributed by atoms with van der Waals surface area (Å²) >= 11 is 0. The predicted molar refractivity (Wildman–Crippen MR) is 108 cm³/mol. The van der Waals surface area contributed by atoms with Crippen molar-refractivity contribution >= 4 is 0 Å². The normalized spacial score (nSPS) is 15.2. The second kappa shape index (κ2) is 8.86. The lowest BCUT2D eigenvalue weighted by Gasteiger charge is -2.33. The van der Waals surface area contributed by atoms with Crippen molar-refractivity contribution in [2.75, 3.05) is 33.3 Å². The fraction of sp³-hybridized carbons (Fsp3) is 0.318. The molecule has 1 aliphatic heterocycles. The first kappa shape index (κ1) is 19.1. The maximum absolute atomic E-state index is 9.05. The molecule has 0 radical (unpaired) electrons. The zero-order valence-electron chi connectivity index (χ0n) is 16.4. The van der Waals surface area contributed by atoms with Crippen LogP contribution in [0.25, 0.3) is 11.4 Å². The van der Waals surface area contributed by atoms with Gasteiger partial charge in [0.25, 0.3) is 0 Å². The number of rotatable bonds is 6. The standard InChI is InChI=1S/C22H23N5O2/c1-28-20-7-5-19(6-8-20)22-24-21(29-25-22)16-27-11-9-26(10-12-27)15-18-4-2-3-17(13-18)14-23/h2-8,13H,9-12,15-16H2,1H3. The molecule has 3 aromatic rings. The molecule has 2 heterocycles. The molecule has 1 saturated heterocycles. The van der Waals surface area contributed by atoms with E-state index in [0.717, 1.165) is 44.0 Å². The molecule has 4 rings (SSSR count). The number of piperazine rings is 1. The molecule has 148 valence electrons. The van der Waals surface area contributed by atoms with Crippen LogP contribution in [0.4, 0.5) is 0 Å². The minimum absolute atomic E-state index is 0.596. The molecule has 7 heteroatoms. The van der Waals surface area contributed by atoms with Gasteiger partial charge in [-0.25, -0.2) is 0 Å². The second-order valence-corrected chi connectivity index (χ2v) is 7.10. The fourth-order valence-electron chi connectivity index (χ4n) is 3.47. The Morgan fingerprint density at radius 1 is 1.03 bits per heavy atom. The summed E-state index contributed by atoms with van der Waals surface area (Å²) in [6.45, 7) is 5.34. The van der Waals surface area contributed by atoms with E-state index in [4.69, 9.17) is 14.5 Å². The molecule has 29 heavy (non-hydrogen) atoms. The molecule has 0 amide bonds. The summed E-state index contributed by atoms with van der Waals surface area (Å²) in [5, 5.41) is 13.1. The first-order valence-electron chi connectivity index (χ1n) is 9.64. The quantitative estimate of drug-likeness (QED) is 0.641. The van der Waals surface area contributed by atoms with E-state index in [0.29, 0.717) is 23.8 Å². The smallest absolute Gasteiger partial charge is 0.241 e. The van der Waals surface area contributed by atoms with Crippen molar-refractivity contribution in [3.63, 3.8) is 0 Å². The molecular weight excluding hydrogens is 366 g/mol. The van der Waals surface area contributed by atoms with Gasteiger partial charge in [-0.2, -0.15) is 10.2 Å². The SMILES string of the molecule is COc1ccc(-c2noc(CN3CCN(Cc4cccc(C#N)c4)CC3)n2)cc1. The molecule has 1 aromatic heterocycles. The highest BCUT2D eigenvalue weighted by Gasteiger charge is 2.19. The fourth-order valence-corrected chi connectivity index (χ4v) is 3.47. The number of ether oxygens (including phenoxy) is 1. The van der Waals surface area contributed by atoms with Gasteiger partial charge in [0, 0.05) is 38.3 Å². The third-order valence-electron chi connectivity index (χ3n) is 5.10. The van der Waals surface area contributed by atoms with Gasteiger partial charge in [0.1, 0.15) is 5.75 Å². The van der Waals surface area contributed by atoms with E-state index in [1.165, 1.54) is 5.56 Å². The number of aromatic nitrogens is 2. The van der Waals surface area contributed by atoms with E-state index in [2.05, 4.69) is 32.1 Å². The minimum Gasteiger partial charge on any atom is -0.497 e. The Balaban J connectivity index is 1.29. The van der Waals surface area contributed by atoms with Crippen molar-refractivity contribution in [1.82, 2.24) is 19.9 Å². The van der Waals surface area contributed by atoms with Crippen molar-refractivity contribution in [2.45, 2.75) is 13.1 Å². The minimum atomic E-state index is 0.596. The zero-order chi connectivity index (χ0) is 20.1. The van der Waals surface area contributed by atoms with Crippen molar-refractivity contribution in [3.8, 4) is 23.2 Å². The molecule has 0 spiro atoms. The van der Waals surface area contributed by atoms with Crippen LogP contribution in [-0.4, -0.2) is 53.2 Å². The van der Waals surface area contributed by atoms with Crippen molar-refractivity contribution < 1.29 is 9.26 Å². The van der Waals surface area contributed by atoms with Crippen LogP contribution in [0.2, 0.25) is 0 Å². The Morgan fingerprint density at radius 2 is 1.76 bits per heavy atom. The third kappa shape index (κ3) is 4.80. The molecule has 1 aliphatic rings. The number of hydrogen-bond acceptors (Lipinski definition) is 7. The molecule has 0 atom stereocenters. The molecule has 7 nitrogen and oxygen atoms in total. The predicted octanol–water partition coefficient (Wildman–Crippen LogP) is 2.93. The average molecular weight is 389 g/mol. The number of nitriles is 1. The summed E-state index contributed by atoms with van der Waals surface area (Å²) in [5.74, 6) is 2.03. The van der Waals surface area contributed by atoms with Gasteiger partial charge in [0.05, 0.1) is 25.3 Å². The highest BCUT2D eigenvalue weighted by Crippen LogP contribution is 2.20. The molecule has 0 saturated carbocycles. The summed E-state index contributed by atoms with van der Waals surface area (Å²) in [6.07, 6.45) is 0. The molecule has 1 fully saturated rings. The van der Waals surface area contributed by atoms with E-state index in [9.17, 15) is 0 Å². The van der Waals surface area contributed by atoms with E-state index in [1.807, 2.05) is 42.5 Å². The number of hydrogen-bond donors (Lipinski definition) is 0. The van der Waals surface area contributed by atoms with Crippen LogP contribution < -0.4 is 4.74 Å². The van der Waals surface area contributed by atoms with Crippen LogP contribution in [0.5, 0.6) is 5.75 Å². The van der Waals surface area contributed by atoms with E-state index < -0.39 is 0 Å². The Hall–Kier alpha value is -3.21. The number of benzene rings is 2. The number of nitrogens with zero attached hydrogens (tertiary/aromatic N) is 5. The first-order valence-corrected chi connectivity index (χ1v) is 9.64. The first-order chi connectivity index (χ1) is 14.2. The van der Waals surface area contributed by atoms with Crippen LogP contribution in [-0.2, 0) is 13.1 Å². The maximum Gasteiger partial charge on any atom is 0.241 e. The summed E-state index contributed by atoms with van der Waals surface area (Å²) < 4.78 is 10.6. The van der Waals surface area contributed by atoms with Crippen LogP contribution in [0.3, 0.4) is 0 Å². The largest absolute Gasteiger partial charge is 0.497 e. The Bertz CT molecular complexity index is 985. The lowest BCUT2D eigenvalue weighted by molar-refractivity contribution is 0.112. The average Bonchev–Trinajstić information content (AvgIpc) is 3.24. The maximum atomic E-state index is 9.05. The summed E-state index contributed by atoms with van der Waals surface area (Å²) in [5.41, 5.74) is 2.80. The monoisotopic (exact) mass is 389 g/mol. The van der Waals surface area contributed by atoms with Gasteiger partial charge in [0.15, 0.2) is 0 Å². The molecule has 0 aliphatic carbocycles. The Kier molecular flexibility index (Phi) is 5.84. The van der Waals surface area contributed by atoms with Crippen LogP contribution >= 0.6 is 0 Å². The van der Waals surface area contributed by atoms with Gasteiger partial charge in [-0.3, -0.25) is 9.80 Å². The van der Waals surface area contributed by atoms with Crippen LogP contribution in [0.1, 0.15) is 17.0 Å². The van der Waals surface area contributed by atoms with Crippen molar-refractivity contribution in [2.24, 2.45) is 0 Å². The summed E-state index contributed by atoms with van der Waals surface area (Å²) in [6, 6.07) is 17.6. The van der Waals surface area contributed by atoms with E-state index in [-0.39, 0.29) is 0 Å². The van der Waals surface area contributed by atoms with E-state index in [1.54, 1.807) is 7.11 Å². The van der Waals surface area contributed by atoms with Crippen molar-refractivity contribution in [1.29, 1.82) is 5.26 Å². The zero-order valence-corrected chi connectivity index (χ0v) is 16.4. The summed E-state index contributed by atoms with van der Waals surface area (Å²) in [4.78, 5) is 9.26. The van der Waals surface area contributed by atoms with Gasteiger partial charge in [-0.1, -0.05) is 17.3 Å². The Labute approximate surface area is 170 Å². The van der Waals surface area contributed by atoms with E-state index >= 15 is 0 Å². The lowest BCUT2D eigenvalue weighted by atomic mass is 10.1. The molecular formula is C22H23N5O2. The summed E-state index contributed by atoms with van der Waals surface area (Å²) in [7, 11) is 1.64. The van der Waals surface area contributed by atoms with Crippen molar-refractivity contribution in [3.05, 3.63) is 65.5 Å². The highest BCUT2D eigenvalue weighted by molar-refractivity contribution is 5.55. The topological polar surface area (TPSA) is 78.4 Å². The molecule has 0 unspecified atom stereocenters. The number of methoxy groups -OCH3 is 1. The third-order valence-corrected chi connectivity index (χ3v) is 5.10. The van der Waals surface area contributed by atoms with Gasteiger partial charge in [-0.05, 0) is 42.0 Å². The Morgan fingerprint density at radius 3 is 2.45 bits per heavy atom. The second-order valence-electron chi connectivity index (χ2n) is 7.10.